The SMILES string of the molecule is COc1ccc(S(=O)(=O)c2ccc(Oc3ccc(C(F)(F)F)cc3Cl)cc2OC)cc1. The van der Waals surface area contributed by atoms with E-state index in [4.69, 9.17) is 25.8 Å². The second-order valence-corrected chi connectivity index (χ2v) is 8.56. The van der Waals surface area contributed by atoms with Crippen molar-refractivity contribution in [3.63, 3.8) is 0 Å². The quantitative estimate of drug-likeness (QED) is 0.440. The minimum Gasteiger partial charge on any atom is -0.497 e. The fourth-order valence-electron chi connectivity index (χ4n) is 2.70. The van der Waals surface area contributed by atoms with Gasteiger partial charge in [0.2, 0.25) is 9.84 Å². The number of ether oxygens (including phenoxy) is 3. The van der Waals surface area contributed by atoms with Crippen LogP contribution in [0.5, 0.6) is 23.0 Å². The molecule has 5 nitrogen and oxygen atoms in total. The number of hydrogen-bond donors (Lipinski definition) is 0. The lowest BCUT2D eigenvalue weighted by Gasteiger charge is -2.14. The second-order valence-electron chi connectivity index (χ2n) is 6.24. The Morgan fingerprint density at radius 3 is 2.00 bits per heavy atom. The molecule has 0 bridgehead atoms. The van der Waals surface area contributed by atoms with E-state index in [0.29, 0.717) is 5.75 Å². The molecule has 0 aliphatic heterocycles. The molecule has 0 aliphatic carbocycles. The zero-order valence-electron chi connectivity index (χ0n) is 16.2. The highest BCUT2D eigenvalue weighted by molar-refractivity contribution is 7.91. The number of sulfone groups is 1. The van der Waals surface area contributed by atoms with Crippen LogP contribution in [0.15, 0.2) is 70.5 Å². The Morgan fingerprint density at radius 1 is 0.806 bits per heavy atom. The van der Waals surface area contributed by atoms with Gasteiger partial charge in [0, 0.05) is 6.07 Å². The van der Waals surface area contributed by atoms with E-state index in [2.05, 4.69) is 0 Å². The Hall–Kier alpha value is -2.91. The number of halogens is 4. The lowest BCUT2D eigenvalue weighted by Crippen LogP contribution is -2.05. The maximum Gasteiger partial charge on any atom is 0.416 e. The Balaban J connectivity index is 1.93. The van der Waals surface area contributed by atoms with Crippen LogP contribution in [-0.4, -0.2) is 22.6 Å². The highest BCUT2D eigenvalue weighted by Crippen LogP contribution is 2.38. The van der Waals surface area contributed by atoms with E-state index in [9.17, 15) is 21.6 Å². The Kier molecular flexibility index (Phi) is 6.38. The molecule has 0 aliphatic rings. The van der Waals surface area contributed by atoms with Gasteiger partial charge in [0.1, 0.15) is 27.9 Å². The van der Waals surface area contributed by atoms with Gasteiger partial charge in [0.15, 0.2) is 0 Å². The van der Waals surface area contributed by atoms with Gasteiger partial charge in [-0.05, 0) is 54.6 Å². The predicted octanol–water partition coefficient (Wildman–Crippen LogP) is 6.00. The summed E-state index contributed by atoms with van der Waals surface area (Å²) in [6, 6.07) is 12.5. The van der Waals surface area contributed by atoms with E-state index >= 15 is 0 Å². The standard InChI is InChI=1S/C21H16ClF3O5S/c1-28-14-4-7-16(8-5-14)31(26,27)20-10-6-15(12-19(20)29-2)30-18-9-3-13(11-17(18)22)21(23,24)25/h3-12H,1-2H3. The maximum atomic E-state index is 13.0. The molecule has 31 heavy (non-hydrogen) atoms. The summed E-state index contributed by atoms with van der Waals surface area (Å²) in [5, 5.41) is -0.247. The lowest BCUT2D eigenvalue weighted by molar-refractivity contribution is -0.137. The third kappa shape index (κ3) is 4.88. The van der Waals surface area contributed by atoms with Gasteiger partial charge in [0.25, 0.3) is 0 Å². The predicted molar refractivity (Wildman–Crippen MR) is 108 cm³/mol. The van der Waals surface area contributed by atoms with Gasteiger partial charge < -0.3 is 14.2 Å². The van der Waals surface area contributed by atoms with Gasteiger partial charge in [-0.15, -0.1) is 0 Å². The molecule has 0 fully saturated rings. The molecule has 164 valence electrons. The van der Waals surface area contributed by atoms with E-state index in [1.807, 2.05) is 0 Å². The summed E-state index contributed by atoms with van der Waals surface area (Å²) in [6.45, 7) is 0. The molecular weight excluding hydrogens is 457 g/mol. The van der Waals surface area contributed by atoms with Crippen LogP contribution in [-0.2, 0) is 16.0 Å². The second kappa shape index (κ2) is 8.68. The normalized spacial score (nSPS) is 11.8. The molecule has 3 aromatic rings. The third-order valence-electron chi connectivity index (χ3n) is 4.28. The molecular formula is C21H16ClF3O5S. The lowest BCUT2D eigenvalue weighted by atomic mass is 10.2. The zero-order chi connectivity index (χ0) is 22.8. The van der Waals surface area contributed by atoms with Crippen molar-refractivity contribution in [3.8, 4) is 23.0 Å². The first kappa shape index (κ1) is 22.8. The largest absolute Gasteiger partial charge is 0.497 e. The molecule has 0 N–H and O–H groups in total. The molecule has 0 amide bonds. The smallest absolute Gasteiger partial charge is 0.416 e. The molecule has 3 aromatic carbocycles. The summed E-state index contributed by atoms with van der Waals surface area (Å²) < 4.78 is 80.1. The Bertz CT molecular complexity index is 1190. The van der Waals surface area contributed by atoms with Crippen LogP contribution in [0.1, 0.15) is 5.56 Å². The summed E-state index contributed by atoms with van der Waals surface area (Å²) in [5.41, 5.74) is -0.914. The van der Waals surface area contributed by atoms with Crippen LogP contribution in [0, 0.1) is 0 Å². The van der Waals surface area contributed by atoms with E-state index in [1.165, 1.54) is 56.7 Å². The number of alkyl halides is 3. The molecule has 0 unspecified atom stereocenters. The first-order chi connectivity index (χ1) is 14.6. The number of benzene rings is 3. The van der Waals surface area contributed by atoms with E-state index in [-0.39, 0.29) is 32.1 Å². The summed E-state index contributed by atoms with van der Waals surface area (Å²) >= 11 is 5.91. The third-order valence-corrected chi connectivity index (χ3v) is 6.39. The minimum atomic E-state index is -4.54. The van der Waals surface area contributed by atoms with Gasteiger partial charge in [-0.3, -0.25) is 0 Å². The van der Waals surface area contributed by atoms with Crippen LogP contribution in [0.3, 0.4) is 0 Å². The van der Waals surface area contributed by atoms with Crippen LogP contribution < -0.4 is 14.2 Å². The maximum absolute atomic E-state index is 13.0. The van der Waals surface area contributed by atoms with Crippen molar-refractivity contribution in [2.45, 2.75) is 16.0 Å². The molecule has 3 rings (SSSR count). The van der Waals surface area contributed by atoms with Crippen molar-refractivity contribution < 1.29 is 35.8 Å². The highest BCUT2D eigenvalue weighted by Gasteiger charge is 2.31. The molecule has 0 aromatic heterocycles. The fraction of sp³-hybridized carbons (Fsp3) is 0.143. The molecule has 0 heterocycles. The minimum absolute atomic E-state index is 0.00338. The zero-order valence-corrected chi connectivity index (χ0v) is 17.8. The summed E-state index contributed by atoms with van der Waals surface area (Å²) in [7, 11) is -1.16. The van der Waals surface area contributed by atoms with Gasteiger partial charge in [0.05, 0.1) is 29.7 Å². The number of rotatable bonds is 6. The summed E-state index contributed by atoms with van der Waals surface area (Å²) in [4.78, 5) is -0.0721. The van der Waals surface area contributed by atoms with Gasteiger partial charge in [-0.25, -0.2) is 8.42 Å². The van der Waals surface area contributed by atoms with Crippen molar-refractivity contribution in [1.29, 1.82) is 0 Å². The molecule has 0 saturated carbocycles. The fourth-order valence-corrected chi connectivity index (χ4v) is 4.32. The number of methoxy groups -OCH3 is 2. The van der Waals surface area contributed by atoms with Gasteiger partial charge in [-0.2, -0.15) is 13.2 Å². The molecule has 0 radical (unpaired) electrons. The van der Waals surface area contributed by atoms with Crippen molar-refractivity contribution in [1.82, 2.24) is 0 Å². The molecule has 10 heteroatoms. The van der Waals surface area contributed by atoms with Crippen LogP contribution in [0.4, 0.5) is 13.2 Å². The van der Waals surface area contributed by atoms with E-state index in [0.717, 1.165) is 18.2 Å². The van der Waals surface area contributed by atoms with Crippen molar-refractivity contribution in [3.05, 3.63) is 71.2 Å². The summed E-state index contributed by atoms with van der Waals surface area (Å²) in [5.74, 6) is 0.606. The first-order valence-electron chi connectivity index (χ1n) is 8.68. The molecule has 0 atom stereocenters. The van der Waals surface area contributed by atoms with Crippen LogP contribution >= 0.6 is 11.6 Å². The van der Waals surface area contributed by atoms with Crippen LogP contribution in [0.2, 0.25) is 5.02 Å². The Labute approximate surface area is 181 Å². The molecule has 0 spiro atoms. The van der Waals surface area contributed by atoms with Gasteiger partial charge >= 0.3 is 6.18 Å². The summed E-state index contributed by atoms with van der Waals surface area (Å²) in [6.07, 6.45) is -4.54. The average Bonchev–Trinajstić information content (AvgIpc) is 2.74. The molecule has 0 saturated heterocycles. The van der Waals surface area contributed by atoms with Crippen LogP contribution in [0.25, 0.3) is 0 Å². The topological polar surface area (TPSA) is 61.8 Å². The Morgan fingerprint density at radius 2 is 1.45 bits per heavy atom. The first-order valence-corrected chi connectivity index (χ1v) is 10.5. The van der Waals surface area contributed by atoms with E-state index in [1.54, 1.807) is 0 Å². The van der Waals surface area contributed by atoms with Crippen molar-refractivity contribution in [2.24, 2.45) is 0 Å². The average molecular weight is 473 g/mol. The van der Waals surface area contributed by atoms with Crippen molar-refractivity contribution >= 4 is 21.4 Å². The highest BCUT2D eigenvalue weighted by atomic mass is 35.5. The van der Waals surface area contributed by atoms with E-state index < -0.39 is 21.6 Å². The van der Waals surface area contributed by atoms with Gasteiger partial charge in [-0.1, -0.05) is 11.6 Å². The monoisotopic (exact) mass is 472 g/mol. The van der Waals surface area contributed by atoms with Crippen molar-refractivity contribution in [2.75, 3.05) is 14.2 Å². The number of hydrogen-bond acceptors (Lipinski definition) is 5.